The summed E-state index contributed by atoms with van der Waals surface area (Å²) in [5.74, 6) is 0. The lowest BCUT2D eigenvalue weighted by atomic mass is 10.4. The Morgan fingerprint density at radius 1 is 1.33 bits per heavy atom. The average Bonchev–Trinajstić information content (AvgIpc) is 2.28. The number of hydrogen-bond acceptors (Lipinski definition) is 3. The second-order valence-corrected chi connectivity index (χ2v) is 5.50. The van der Waals surface area contributed by atoms with Gasteiger partial charge in [-0.1, -0.05) is 20.1 Å². The second-order valence-electron chi connectivity index (χ2n) is 3.51. The molecular weight excluding hydrogens is 212 g/mol. The molecule has 0 saturated carbocycles. The van der Waals surface area contributed by atoms with Crippen molar-refractivity contribution in [3.05, 3.63) is 24.1 Å². The minimum absolute atomic E-state index is 0.0902. The van der Waals surface area contributed by atoms with Gasteiger partial charge in [-0.2, -0.15) is 4.31 Å². The number of hydrogen-bond donors (Lipinski definition) is 0. The molecule has 0 aliphatic carbocycles. The number of likely N-dealkylation sites (N-methyl/N-ethyl adjacent to an activating group) is 1. The lowest BCUT2D eigenvalue weighted by Crippen LogP contribution is -2.48. The van der Waals surface area contributed by atoms with Crippen LogP contribution in [0.2, 0.25) is 0 Å². The van der Waals surface area contributed by atoms with E-state index in [2.05, 4.69) is 25.0 Å². The first-order chi connectivity index (χ1) is 7.02. The normalized spacial score (nSPS) is 20.1. The molecule has 0 spiro atoms. The van der Waals surface area contributed by atoms with Crippen LogP contribution in [0.25, 0.3) is 0 Å². The van der Waals surface area contributed by atoms with Crippen LogP contribution in [0.1, 0.15) is 6.92 Å². The maximum Gasteiger partial charge on any atom is 0.242 e. The van der Waals surface area contributed by atoms with Gasteiger partial charge in [0.15, 0.2) is 0 Å². The highest BCUT2D eigenvalue weighted by Crippen LogP contribution is 2.14. The standard InChI is InChI=1S/C10H18N2O2S/c1-4-10(3)15(13,14)12-8-6-11(5-2)7-9-12/h4H,1,3,5-9H2,2H3. The third-order valence-electron chi connectivity index (χ3n) is 2.68. The highest BCUT2D eigenvalue weighted by molar-refractivity contribution is 7.93. The van der Waals surface area contributed by atoms with Crippen LogP contribution in [0.4, 0.5) is 0 Å². The van der Waals surface area contributed by atoms with Crippen molar-refractivity contribution in [3.8, 4) is 0 Å². The van der Waals surface area contributed by atoms with Gasteiger partial charge in [0.05, 0.1) is 4.91 Å². The molecule has 0 bridgehead atoms. The summed E-state index contributed by atoms with van der Waals surface area (Å²) >= 11 is 0. The smallest absolute Gasteiger partial charge is 0.242 e. The van der Waals surface area contributed by atoms with Crippen LogP contribution in [0.3, 0.4) is 0 Å². The van der Waals surface area contributed by atoms with Crippen LogP contribution < -0.4 is 0 Å². The largest absolute Gasteiger partial charge is 0.301 e. The van der Waals surface area contributed by atoms with Gasteiger partial charge in [-0.15, -0.1) is 0 Å². The summed E-state index contributed by atoms with van der Waals surface area (Å²) in [6.45, 7) is 12.7. The summed E-state index contributed by atoms with van der Waals surface area (Å²) in [6.07, 6.45) is 1.29. The molecule has 0 N–H and O–H groups in total. The third kappa shape index (κ3) is 2.68. The molecule has 0 aromatic rings. The van der Waals surface area contributed by atoms with Crippen molar-refractivity contribution in [2.45, 2.75) is 6.92 Å². The molecule has 1 rings (SSSR count). The summed E-state index contributed by atoms with van der Waals surface area (Å²) < 4.78 is 25.2. The van der Waals surface area contributed by atoms with Crippen molar-refractivity contribution < 1.29 is 8.42 Å². The van der Waals surface area contributed by atoms with Gasteiger partial charge in [0.25, 0.3) is 0 Å². The number of piperazine rings is 1. The van der Waals surface area contributed by atoms with E-state index in [1.807, 2.05) is 0 Å². The van der Waals surface area contributed by atoms with E-state index in [9.17, 15) is 8.42 Å². The van der Waals surface area contributed by atoms with E-state index in [1.54, 1.807) is 0 Å². The van der Waals surface area contributed by atoms with Gasteiger partial charge in [0.2, 0.25) is 10.0 Å². The Bertz CT molecular complexity index is 340. The molecule has 0 aromatic heterocycles. The van der Waals surface area contributed by atoms with Crippen LogP contribution >= 0.6 is 0 Å². The zero-order valence-corrected chi connectivity index (χ0v) is 9.96. The van der Waals surface area contributed by atoms with Crippen molar-refractivity contribution >= 4 is 10.0 Å². The summed E-state index contributed by atoms with van der Waals surface area (Å²) in [5, 5.41) is 0. The molecular formula is C10H18N2O2S. The molecule has 1 aliphatic heterocycles. The molecule has 0 radical (unpaired) electrons. The zero-order valence-electron chi connectivity index (χ0n) is 9.15. The van der Waals surface area contributed by atoms with E-state index < -0.39 is 10.0 Å². The molecule has 86 valence electrons. The Morgan fingerprint density at radius 3 is 2.27 bits per heavy atom. The molecule has 4 nitrogen and oxygen atoms in total. The number of allylic oxidation sites excluding steroid dienone is 1. The summed E-state index contributed by atoms with van der Waals surface area (Å²) in [4.78, 5) is 2.32. The SMILES string of the molecule is C=CC(=C)S(=O)(=O)N1CCN(CC)CC1. The van der Waals surface area contributed by atoms with E-state index in [0.29, 0.717) is 13.1 Å². The average molecular weight is 230 g/mol. The fourth-order valence-electron chi connectivity index (χ4n) is 1.56. The molecule has 1 saturated heterocycles. The van der Waals surface area contributed by atoms with Gasteiger partial charge >= 0.3 is 0 Å². The van der Waals surface area contributed by atoms with Gasteiger partial charge in [-0.05, 0) is 12.6 Å². The fraction of sp³-hybridized carbons (Fsp3) is 0.600. The van der Waals surface area contributed by atoms with E-state index in [1.165, 1.54) is 10.4 Å². The molecule has 5 heteroatoms. The molecule has 1 heterocycles. The van der Waals surface area contributed by atoms with Crippen molar-refractivity contribution in [1.29, 1.82) is 0 Å². The Labute approximate surface area is 91.9 Å². The fourth-order valence-corrected chi connectivity index (χ4v) is 2.74. The van der Waals surface area contributed by atoms with Crippen LogP contribution in [0, 0.1) is 0 Å². The van der Waals surface area contributed by atoms with E-state index in [-0.39, 0.29) is 4.91 Å². The molecule has 1 fully saturated rings. The Morgan fingerprint density at radius 2 is 1.87 bits per heavy atom. The highest BCUT2D eigenvalue weighted by atomic mass is 32.2. The number of rotatable bonds is 4. The number of sulfonamides is 1. The van der Waals surface area contributed by atoms with Crippen molar-refractivity contribution in [2.75, 3.05) is 32.7 Å². The first kappa shape index (κ1) is 12.4. The molecule has 0 unspecified atom stereocenters. The van der Waals surface area contributed by atoms with Crippen molar-refractivity contribution in [1.82, 2.24) is 9.21 Å². The minimum Gasteiger partial charge on any atom is -0.301 e. The monoisotopic (exact) mass is 230 g/mol. The summed E-state index contributed by atoms with van der Waals surface area (Å²) in [7, 11) is -3.35. The van der Waals surface area contributed by atoms with Crippen LogP contribution in [-0.4, -0.2) is 50.3 Å². The van der Waals surface area contributed by atoms with Gasteiger partial charge in [-0.25, -0.2) is 8.42 Å². The predicted molar refractivity (Wildman–Crippen MR) is 61.9 cm³/mol. The van der Waals surface area contributed by atoms with Crippen molar-refractivity contribution in [3.63, 3.8) is 0 Å². The molecule has 0 aromatic carbocycles. The lowest BCUT2D eigenvalue weighted by molar-refractivity contribution is 0.197. The van der Waals surface area contributed by atoms with Gasteiger partial charge in [0, 0.05) is 26.2 Å². The van der Waals surface area contributed by atoms with E-state index in [0.717, 1.165) is 19.6 Å². The van der Waals surface area contributed by atoms with Crippen molar-refractivity contribution in [2.24, 2.45) is 0 Å². The van der Waals surface area contributed by atoms with Gasteiger partial charge in [0.1, 0.15) is 0 Å². The maximum atomic E-state index is 11.8. The minimum atomic E-state index is -3.35. The van der Waals surface area contributed by atoms with E-state index in [4.69, 9.17) is 0 Å². The number of nitrogens with zero attached hydrogens (tertiary/aromatic N) is 2. The van der Waals surface area contributed by atoms with Gasteiger partial charge in [-0.3, -0.25) is 0 Å². The third-order valence-corrected chi connectivity index (χ3v) is 4.55. The maximum absolute atomic E-state index is 11.8. The summed E-state index contributed by atoms with van der Waals surface area (Å²) in [5.41, 5.74) is 0. The Balaban J connectivity index is 2.68. The predicted octanol–water partition coefficient (Wildman–Crippen LogP) is 0.653. The van der Waals surface area contributed by atoms with Crippen LogP contribution in [0.15, 0.2) is 24.1 Å². The van der Waals surface area contributed by atoms with E-state index >= 15 is 0 Å². The first-order valence-electron chi connectivity index (χ1n) is 5.06. The quantitative estimate of drug-likeness (QED) is 0.666. The van der Waals surface area contributed by atoms with Gasteiger partial charge < -0.3 is 4.90 Å². The zero-order chi connectivity index (χ0) is 11.5. The molecule has 1 aliphatic rings. The summed E-state index contributed by atoms with van der Waals surface area (Å²) in [6, 6.07) is 0. The molecule has 0 amide bonds. The first-order valence-corrected chi connectivity index (χ1v) is 6.50. The lowest BCUT2D eigenvalue weighted by Gasteiger charge is -2.33. The molecule has 0 atom stereocenters. The van der Waals surface area contributed by atoms with Crippen LogP contribution in [-0.2, 0) is 10.0 Å². The highest BCUT2D eigenvalue weighted by Gasteiger charge is 2.27. The second kappa shape index (κ2) is 4.92. The Hall–Kier alpha value is -0.650. The topological polar surface area (TPSA) is 40.6 Å². The Kier molecular flexibility index (Phi) is 4.07. The van der Waals surface area contributed by atoms with Crippen LogP contribution in [0.5, 0.6) is 0 Å². The molecule has 15 heavy (non-hydrogen) atoms.